The Hall–Kier alpha value is -2.15. The largest absolute Gasteiger partial charge is 0.416 e. The average molecular weight is 408 g/mol. The van der Waals surface area contributed by atoms with Crippen molar-refractivity contribution in [2.24, 2.45) is 0 Å². The molecule has 0 spiro atoms. The first kappa shape index (κ1) is 20.6. The fourth-order valence-corrected chi connectivity index (χ4v) is 4.69. The molecule has 0 aromatic heterocycles. The molecule has 0 saturated carbocycles. The Morgan fingerprint density at radius 2 is 1.82 bits per heavy atom. The Labute approximate surface area is 167 Å². The minimum Gasteiger partial charge on any atom is -0.316 e. The molecule has 1 heterocycles. The number of carbonyl (C=O) groups excluding carboxylic acids is 1. The zero-order valence-corrected chi connectivity index (χ0v) is 16.9. The van der Waals surface area contributed by atoms with E-state index in [0.717, 1.165) is 40.3 Å². The number of hydrogen-bond acceptors (Lipinski definition) is 2. The highest BCUT2D eigenvalue weighted by molar-refractivity contribution is 7.99. The van der Waals surface area contributed by atoms with Crippen molar-refractivity contribution in [3.05, 3.63) is 64.2 Å². The molecule has 0 radical (unpaired) electrons. The summed E-state index contributed by atoms with van der Waals surface area (Å²) in [7, 11) is 0. The standard InChI is InChI=1S/C21H23F3N2OS/c1-13-9-14(2)19(15(3)10-13)25-20(27)26-7-8-28-12-18(26)16-5-4-6-17(11-16)21(22,23)24/h4-6,9-11,18H,7-8,12H2,1-3H3,(H,25,27). The number of hydrogen-bond donors (Lipinski definition) is 1. The number of benzene rings is 2. The van der Waals surface area contributed by atoms with Crippen LogP contribution >= 0.6 is 11.8 Å². The summed E-state index contributed by atoms with van der Waals surface area (Å²) in [5.74, 6) is 1.33. The molecule has 1 atom stereocenters. The molecular weight excluding hydrogens is 385 g/mol. The van der Waals surface area contributed by atoms with Gasteiger partial charge in [-0.2, -0.15) is 24.9 Å². The molecule has 3 nitrogen and oxygen atoms in total. The number of halogens is 3. The van der Waals surface area contributed by atoms with Gasteiger partial charge >= 0.3 is 12.2 Å². The maximum Gasteiger partial charge on any atom is 0.416 e. The van der Waals surface area contributed by atoms with Gasteiger partial charge in [-0.1, -0.05) is 29.8 Å². The van der Waals surface area contributed by atoms with E-state index in [1.807, 2.05) is 32.9 Å². The Bertz CT molecular complexity index is 859. The second-order valence-electron chi connectivity index (χ2n) is 7.11. The molecule has 0 aliphatic carbocycles. The summed E-state index contributed by atoms with van der Waals surface area (Å²) in [4.78, 5) is 14.6. The first-order chi connectivity index (χ1) is 13.2. The van der Waals surface area contributed by atoms with E-state index in [2.05, 4.69) is 5.32 Å². The van der Waals surface area contributed by atoms with Crippen LogP contribution < -0.4 is 5.32 Å². The minimum atomic E-state index is -4.40. The third-order valence-corrected chi connectivity index (χ3v) is 5.92. The third kappa shape index (κ3) is 4.46. The van der Waals surface area contributed by atoms with Gasteiger partial charge in [-0.25, -0.2) is 4.79 Å². The summed E-state index contributed by atoms with van der Waals surface area (Å²) >= 11 is 1.64. The third-order valence-electron chi connectivity index (χ3n) is 4.90. The summed E-state index contributed by atoms with van der Waals surface area (Å²) in [6.07, 6.45) is -4.40. The highest BCUT2D eigenvalue weighted by Crippen LogP contribution is 2.35. The van der Waals surface area contributed by atoms with Crippen LogP contribution in [0.15, 0.2) is 36.4 Å². The Morgan fingerprint density at radius 1 is 1.14 bits per heavy atom. The number of anilines is 1. The summed E-state index contributed by atoms with van der Waals surface area (Å²) in [5.41, 5.74) is 3.63. The molecule has 7 heteroatoms. The van der Waals surface area contributed by atoms with Crippen molar-refractivity contribution in [2.75, 3.05) is 23.4 Å². The van der Waals surface area contributed by atoms with E-state index in [1.165, 1.54) is 6.07 Å². The van der Waals surface area contributed by atoms with Crippen molar-refractivity contribution < 1.29 is 18.0 Å². The monoisotopic (exact) mass is 408 g/mol. The fraction of sp³-hybridized carbons (Fsp3) is 0.381. The molecule has 28 heavy (non-hydrogen) atoms. The zero-order chi connectivity index (χ0) is 20.5. The molecule has 1 aliphatic rings. The van der Waals surface area contributed by atoms with Gasteiger partial charge in [-0.05, 0) is 49.6 Å². The smallest absolute Gasteiger partial charge is 0.316 e. The lowest BCUT2D eigenvalue weighted by Crippen LogP contribution is -2.43. The van der Waals surface area contributed by atoms with Crippen LogP contribution in [0.3, 0.4) is 0 Å². The maximum absolute atomic E-state index is 13.1. The van der Waals surface area contributed by atoms with Crippen molar-refractivity contribution in [3.63, 3.8) is 0 Å². The molecule has 3 rings (SSSR count). The van der Waals surface area contributed by atoms with E-state index < -0.39 is 17.8 Å². The summed E-state index contributed by atoms with van der Waals surface area (Å²) in [5, 5.41) is 2.98. The Balaban J connectivity index is 1.87. The Kier molecular flexibility index (Phi) is 5.93. The molecule has 2 amide bonds. The van der Waals surface area contributed by atoms with Gasteiger partial charge < -0.3 is 10.2 Å². The van der Waals surface area contributed by atoms with Gasteiger partial charge in [0.05, 0.1) is 11.6 Å². The van der Waals surface area contributed by atoms with E-state index in [0.29, 0.717) is 17.9 Å². The lowest BCUT2D eigenvalue weighted by atomic mass is 10.0. The van der Waals surface area contributed by atoms with Crippen LogP contribution in [0.4, 0.5) is 23.7 Å². The van der Waals surface area contributed by atoms with E-state index in [-0.39, 0.29) is 6.03 Å². The van der Waals surface area contributed by atoms with E-state index in [1.54, 1.807) is 22.7 Å². The molecule has 2 aromatic rings. The van der Waals surface area contributed by atoms with Crippen LogP contribution in [0.25, 0.3) is 0 Å². The quantitative estimate of drug-likeness (QED) is 0.666. The van der Waals surface area contributed by atoms with E-state index >= 15 is 0 Å². The molecule has 1 fully saturated rings. The molecular formula is C21H23F3N2OS. The molecule has 1 unspecified atom stereocenters. The molecule has 2 aromatic carbocycles. The second kappa shape index (κ2) is 8.07. The van der Waals surface area contributed by atoms with Gasteiger partial charge in [-0.3, -0.25) is 0 Å². The number of alkyl halides is 3. The molecule has 1 N–H and O–H groups in total. The molecule has 150 valence electrons. The molecule has 1 aliphatic heterocycles. The van der Waals surface area contributed by atoms with Crippen molar-refractivity contribution in [1.82, 2.24) is 4.90 Å². The number of amides is 2. The highest BCUT2D eigenvalue weighted by Gasteiger charge is 2.33. The van der Waals surface area contributed by atoms with Gasteiger partial charge in [0.1, 0.15) is 0 Å². The molecule has 1 saturated heterocycles. The van der Waals surface area contributed by atoms with Crippen LogP contribution in [-0.2, 0) is 6.18 Å². The average Bonchev–Trinajstić information content (AvgIpc) is 2.64. The second-order valence-corrected chi connectivity index (χ2v) is 8.26. The van der Waals surface area contributed by atoms with Crippen LogP contribution in [0.2, 0.25) is 0 Å². The van der Waals surface area contributed by atoms with E-state index in [9.17, 15) is 18.0 Å². The lowest BCUT2D eigenvalue weighted by molar-refractivity contribution is -0.137. The minimum absolute atomic E-state index is 0.280. The van der Waals surface area contributed by atoms with Gasteiger partial charge in [0.25, 0.3) is 0 Å². The van der Waals surface area contributed by atoms with Crippen LogP contribution in [0, 0.1) is 20.8 Å². The van der Waals surface area contributed by atoms with E-state index in [4.69, 9.17) is 0 Å². The van der Waals surface area contributed by atoms with Crippen LogP contribution in [-0.4, -0.2) is 29.0 Å². The Morgan fingerprint density at radius 3 is 2.46 bits per heavy atom. The number of thioether (sulfide) groups is 1. The van der Waals surface area contributed by atoms with Gasteiger partial charge in [0.2, 0.25) is 0 Å². The predicted molar refractivity (Wildman–Crippen MR) is 108 cm³/mol. The maximum atomic E-state index is 13.1. The first-order valence-corrected chi connectivity index (χ1v) is 10.2. The van der Waals surface area contributed by atoms with Crippen LogP contribution in [0.5, 0.6) is 0 Å². The predicted octanol–water partition coefficient (Wildman–Crippen LogP) is 5.95. The SMILES string of the molecule is Cc1cc(C)c(NC(=O)N2CCSCC2c2cccc(C(F)(F)F)c2)c(C)c1. The number of nitrogens with one attached hydrogen (secondary N) is 1. The number of urea groups is 1. The number of carbonyl (C=O) groups is 1. The van der Waals surface area contributed by atoms with Crippen molar-refractivity contribution in [3.8, 4) is 0 Å². The van der Waals surface area contributed by atoms with Gasteiger partial charge in [0.15, 0.2) is 0 Å². The number of aryl methyl sites for hydroxylation is 3. The lowest BCUT2D eigenvalue weighted by Gasteiger charge is -2.36. The summed E-state index contributed by atoms with van der Waals surface area (Å²) in [6.45, 7) is 6.36. The first-order valence-electron chi connectivity index (χ1n) is 9.07. The number of nitrogens with zero attached hydrogens (tertiary/aromatic N) is 1. The highest BCUT2D eigenvalue weighted by atomic mass is 32.2. The van der Waals surface area contributed by atoms with Crippen LogP contribution in [0.1, 0.15) is 33.9 Å². The summed E-state index contributed by atoms with van der Waals surface area (Å²) in [6, 6.07) is 8.60. The normalized spacial score (nSPS) is 17.5. The summed E-state index contributed by atoms with van der Waals surface area (Å²) < 4.78 is 39.3. The van der Waals surface area contributed by atoms with Gasteiger partial charge in [-0.15, -0.1) is 0 Å². The zero-order valence-electron chi connectivity index (χ0n) is 16.1. The van der Waals surface area contributed by atoms with Crippen molar-refractivity contribution in [2.45, 2.75) is 33.0 Å². The van der Waals surface area contributed by atoms with Crippen molar-refractivity contribution in [1.29, 1.82) is 0 Å². The van der Waals surface area contributed by atoms with Crippen molar-refractivity contribution >= 4 is 23.5 Å². The fourth-order valence-electron chi connectivity index (χ4n) is 3.60. The topological polar surface area (TPSA) is 32.3 Å². The number of rotatable bonds is 2. The molecule has 0 bridgehead atoms. The van der Waals surface area contributed by atoms with Gasteiger partial charge in [0, 0.05) is 23.7 Å².